The molecule has 2 rings (SSSR count). The van der Waals surface area contributed by atoms with Gasteiger partial charge in [-0.15, -0.1) is 0 Å². The van der Waals surface area contributed by atoms with E-state index in [1.54, 1.807) is 0 Å². The van der Waals surface area contributed by atoms with Gasteiger partial charge in [-0.3, -0.25) is 0 Å². The highest BCUT2D eigenvalue weighted by Crippen LogP contribution is 2.26. The van der Waals surface area contributed by atoms with Crippen LogP contribution in [-0.4, -0.2) is 28.1 Å². The molecule has 16 heavy (non-hydrogen) atoms. The van der Waals surface area contributed by atoms with Crippen LogP contribution in [0.2, 0.25) is 0 Å². The van der Waals surface area contributed by atoms with E-state index in [2.05, 4.69) is 27.2 Å². The minimum atomic E-state index is 0.181. The van der Waals surface area contributed by atoms with Gasteiger partial charge in [-0.1, -0.05) is 6.92 Å². The minimum Gasteiger partial charge on any atom is -0.467 e. The molecular formula is C10H17N5O. The number of methoxy groups -OCH3 is 1. The second-order valence-corrected chi connectivity index (χ2v) is 4.26. The Morgan fingerprint density at radius 3 is 2.75 bits per heavy atom. The molecule has 6 heteroatoms. The summed E-state index contributed by atoms with van der Waals surface area (Å²) in [6, 6.07) is 0.683. The molecule has 0 saturated heterocycles. The van der Waals surface area contributed by atoms with Crippen LogP contribution in [0.1, 0.15) is 26.2 Å². The lowest BCUT2D eigenvalue weighted by Gasteiger charge is -2.12. The fourth-order valence-electron chi connectivity index (χ4n) is 2.05. The van der Waals surface area contributed by atoms with Crippen molar-refractivity contribution in [3.63, 3.8) is 0 Å². The molecule has 6 nitrogen and oxygen atoms in total. The van der Waals surface area contributed by atoms with Gasteiger partial charge in [0.15, 0.2) is 0 Å². The molecule has 2 atom stereocenters. The maximum absolute atomic E-state index is 5.55. The normalized spacial score (nSPS) is 24.4. The summed E-state index contributed by atoms with van der Waals surface area (Å²) in [5.74, 6) is 1.45. The van der Waals surface area contributed by atoms with Crippen LogP contribution >= 0.6 is 0 Å². The molecule has 0 radical (unpaired) electrons. The van der Waals surface area contributed by atoms with Crippen molar-refractivity contribution in [1.29, 1.82) is 0 Å². The standard InChI is InChI=1S/C10H17N5O/c1-6-3-4-7(5-6)12-9-13-8(11)14-10(15-9)16-2/h6-7H,3-5H2,1-2H3,(H3,11,12,13,14,15). The molecule has 1 aliphatic carbocycles. The number of rotatable bonds is 3. The number of nitrogen functional groups attached to an aromatic ring is 1. The summed E-state index contributed by atoms with van der Waals surface area (Å²) in [5.41, 5.74) is 5.55. The van der Waals surface area contributed by atoms with Crippen molar-refractivity contribution in [2.45, 2.75) is 32.2 Å². The summed E-state index contributed by atoms with van der Waals surface area (Å²) in [6.07, 6.45) is 3.54. The Balaban J connectivity index is 2.06. The minimum absolute atomic E-state index is 0.181. The van der Waals surface area contributed by atoms with Crippen molar-refractivity contribution in [3.05, 3.63) is 0 Å². The average Bonchev–Trinajstić information content (AvgIpc) is 2.63. The molecule has 1 saturated carbocycles. The van der Waals surface area contributed by atoms with Crippen molar-refractivity contribution in [1.82, 2.24) is 15.0 Å². The lowest BCUT2D eigenvalue weighted by molar-refractivity contribution is 0.379. The molecule has 0 aliphatic heterocycles. The third kappa shape index (κ3) is 2.50. The predicted molar refractivity (Wildman–Crippen MR) is 61.2 cm³/mol. The van der Waals surface area contributed by atoms with Gasteiger partial charge >= 0.3 is 6.01 Å². The van der Waals surface area contributed by atoms with Crippen LogP contribution in [-0.2, 0) is 0 Å². The predicted octanol–water partition coefficient (Wildman–Crippen LogP) is 1.06. The first kappa shape index (κ1) is 10.9. The Kier molecular flexibility index (Phi) is 3.07. The zero-order valence-electron chi connectivity index (χ0n) is 9.60. The van der Waals surface area contributed by atoms with E-state index in [9.17, 15) is 0 Å². The van der Waals surface area contributed by atoms with Crippen LogP contribution in [0.3, 0.4) is 0 Å². The highest BCUT2D eigenvalue weighted by molar-refractivity contribution is 5.33. The number of ether oxygens (including phenoxy) is 1. The fourth-order valence-corrected chi connectivity index (χ4v) is 2.05. The number of nitrogens with zero attached hydrogens (tertiary/aromatic N) is 3. The molecule has 0 amide bonds. The van der Waals surface area contributed by atoms with E-state index in [0.29, 0.717) is 12.0 Å². The smallest absolute Gasteiger partial charge is 0.322 e. The highest BCUT2D eigenvalue weighted by Gasteiger charge is 2.22. The lowest BCUT2D eigenvalue weighted by Crippen LogP contribution is -2.18. The summed E-state index contributed by atoms with van der Waals surface area (Å²) in [5, 5.41) is 3.26. The Morgan fingerprint density at radius 2 is 2.12 bits per heavy atom. The molecule has 0 spiro atoms. The van der Waals surface area contributed by atoms with Gasteiger partial charge in [0.05, 0.1) is 7.11 Å². The van der Waals surface area contributed by atoms with E-state index in [0.717, 1.165) is 18.8 Å². The zero-order chi connectivity index (χ0) is 11.5. The quantitative estimate of drug-likeness (QED) is 0.797. The summed E-state index contributed by atoms with van der Waals surface area (Å²) < 4.78 is 4.94. The molecule has 88 valence electrons. The Bertz CT molecular complexity index is 370. The van der Waals surface area contributed by atoms with Gasteiger partial charge < -0.3 is 15.8 Å². The van der Waals surface area contributed by atoms with Crippen LogP contribution in [0.25, 0.3) is 0 Å². The zero-order valence-corrected chi connectivity index (χ0v) is 9.60. The molecule has 2 unspecified atom stereocenters. The van der Waals surface area contributed by atoms with Crippen molar-refractivity contribution in [2.75, 3.05) is 18.2 Å². The third-order valence-electron chi connectivity index (χ3n) is 2.84. The summed E-state index contributed by atoms with van der Waals surface area (Å²) in [7, 11) is 1.51. The molecule has 1 fully saturated rings. The van der Waals surface area contributed by atoms with Crippen molar-refractivity contribution >= 4 is 11.9 Å². The van der Waals surface area contributed by atoms with Crippen LogP contribution in [0, 0.1) is 5.92 Å². The maximum Gasteiger partial charge on any atom is 0.322 e. The molecule has 1 aromatic heterocycles. The number of hydrogen-bond acceptors (Lipinski definition) is 6. The highest BCUT2D eigenvalue weighted by atomic mass is 16.5. The molecule has 0 aromatic carbocycles. The van der Waals surface area contributed by atoms with Gasteiger partial charge in [0.25, 0.3) is 0 Å². The van der Waals surface area contributed by atoms with E-state index in [1.165, 1.54) is 13.5 Å². The first-order valence-corrected chi connectivity index (χ1v) is 5.49. The molecule has 1 heterocycles. The van der Waals surface area contributed by atoms with Crippen molar-refractivity contribution in [3.8, 4) is 6.01 Å². The third-order valence-corrected chi connectivity index (χ3v) is 2.84. The first-order chi connectivity index (χ1) is 7.67. The van der Waals surface area contributed by atoms with Gasteiger partial charge in [0.2, 0.25) is 11.9 Å². The monoisotopic (exact) mass is 223 g/mol. The molecule has 3 N–H and O–H groups in total. The first-order valence-electron chi connectivity index (χ1n) is 5.49. The Labute approximate surface area is 94.6 Å². The van der Waals surface area contributed by atoms with E-state index < -0.39 is 0 Å². The van der Waals surface area contributed by atoms with E-state index in [1.807, 2.05) is 0 Å². The number of hydrogen-bond donors (Lipinski definition) is 2. The average molecular weight is 223 g/mol. The molecular weight excluding hydrogens is 206 g/mol. The van der Waals surface area contributed by atoms with Crippen molar-refractivity contribution in [2.24, 2.45) is 5.92 Å². The lowest BCUT2D eigenvalue weighted by atomic mass is 10.1. The van der Waals surface area contributed by atoms with Crippen LogP contribution in [0.15, 0.2) is 0 Å². The van der Waals surface area contributed by atoms with E-state index in [4.69, 9.17) is 10.5 Å². The second-order valence-electron chi connectivity index (χ2n) is 4.26. The molecule has 0 bridgehead atoms. The second kappa shape index (κ2) is 4.51. The Morgan fingerprint density at radius 1 is 1.31 bits per heavy atom. The Hall–Kier alpha value is -1.59. The van der Waals surface area contributed by atoms with E-state index >= 15 is 0 Å². The summed E-state index contributed by atoms with van der Waals surface area (Å²) in [4.78, 5) is 12.0. The van der Waals surface area contributed by atoms with Crippen LogP contribution in [0.4, 0.5) is 11.9 Å². The van der Waals surface area contributed by atoms with Crippen LogP contribution < -0.4 is 15.8 Å². The number of nitrogens with two attached hydrogens (primary N) is 1. The molecule has 1 aromatic rings. The topological polar surface area (TPSA) is 86.0 Å². The maximum atomic E-state index is 5.55. The number of anilines is 2. The molecule has 1 aliphatic rings. The van der Waals surface area contributed by atoms with Crippen molar-refractivity contribution < 1.29 is 4.74 Å². The van der Waals surface area contributed by atoms with Gasteiger partial charge in [0, 0.05) is 6.04 Å². The van der Waals surface area contributed by atoms with E-state index in [-0.39, 0.29) is 12.0 Å². The summed E-state index contributed by atoms with van der Waals surface area (Å²) >= 11 is 0. The van der Waals surface area contributed by atoms with Gasteiger partial charge in [-0.05, 0) is 25.2 Å². The number of nitrogens with one attached hydrogen (secondary N) is 1. The fraction of sp³-hybridized carbons (Fsp3) is 0.700. The largest absolute Gasteiger partial charge is 0.467 e. The SMILES string of the molecule is COc1nc(N)nc(NC2CCC(C)C2)n1. The van der Waals surface area contributed by atoms with Gasteiger partial charge in [-0.25, -0.2) is 0 Å². The summed E-state index contributed by atoms with van der Waals surface area (Å²) in [6.45, 7) is 2.25. The van der Waals surface area contributed by atoms with Crippen LogP contribution in [0.5, 0.6) is 6.01 Å². The van der Waals surface area contributed by atoms with Gasteiger partial charge in [-0.2, -0.15) is 15.0 Å². The van der Waals surface area contributed by atoms with Gasteiger partial charge in [0.1, 0.15) is 0 Å². The number of aromatic nitrogens is 3.